The van der Waals surface area contributed by atoms with Crippen LogP contribution in [0, 0.1) is 19.7 Å². The monoisotopic (exact) mass is 613 g/mol. The molecule has 1 amide bonds. The highest BCUT2D eigenvalue weighted by atomic mass is 35.5. The summed E-state index contributed by atoms with van der Waals surface area (Å²) < 4.78 is 65.4. The van der Waals surface area contributed by atoms with Crippen LogP contribution in [0.3, 0.4) is 0 Å². The number of benzene rings is 2. The van der Waals surface area contributed by atoms with Gasteiger partial charge in [-0.25, -0.2) is 9.11 Å². The number of aromatic nitrogens is 1. The van der Waals surface area contributed by atoms with Crippen molar-refractivity contribution in [1.29, 1.82) is 0 Å². The number of nitrogens with zero attached hydrogens (tertiary/aromatic N) is 2. The number of hydrogen-bond acceptors (Lipinski definition) is 7. The van der Waals surface area contributed by atoms with Crippen LogP contribution in [0.1, 0.15) is 34.3 Å². The van der Waals surface area contributed by atoms with E-state index in [0.29, 0.717) is 17.7 Å². The smallest absolute Gasteiger partial charge is 0.406 e. The minimum Gasteiger partial charge on any atom is -0.454 e. The lowest BCUT2D eigenvalue weighted by Crippen LogP contribution is -2.32. The number of carbonyl (C=O) groups is 1. The third-order valence-corrected chi connectivity index (χ3v) is 7.34. The van der Waals surface area contributed by atoms with Crippen LogP contribution in [0.4, 0.5) is 34.8 Å². The Balaban J connectivity index is 1.86. The largest absolute Gasteiger partial charge is 0.454 e. The summed E-state index contributed by atoms with van der Waals surface area (Å²) in [6.45, 7) is 1.85. The van der Waals surface area contributed by atoms with Crippen molar-refractivity contribution in [3.63, 3.8) is 0 Å². The molecule has 1 aliphatic carbocycles. The topological polar surface area (TPSA) is 87.6 Å². The first-order chi connectivity index (χ1) is 19.3. The van der Waals surface area contributed by atoms with E-state index in [0.717, 1.165) is 17.1 Å². The second kappa shape index (κ2) is 12.2. The summed E-state index contributed by atoms with van der Waals surface area (Å²) in [7, 11) is 2.89. The molecule has 41 heavy (non-hydrogen) atoms. The Bertz CT molecular complexity index is 1530. The van der Waals surface area contributed by atoms with Crippen molar-refractivity contribution in [2.75, 3.05) is 23.2 Å². The zero-order valence-corrected chi connectivity index (χ0v) is 24.2. The van der Waals surface area contributed by atoms with E-state index in [-0.39, 0.29) is 50.9 Å². The van der Waals surface area contributed by atoms with Crippen molar-refractivity contribution in [3.8, 4) is 11.5 Å². The maximum Gasteiger partial charge on any atom is 0.406 e. The summed E-state index contributed by atoms with van der Waals surface area (Å²) >= 11 is 7.23. The number of hydrogen-bond donors (Lipinski definition) is 3. The summed E-state index contributed by atoms with van der Waals surface area (Å²) in [5.41, 5.74) is 0.0947. The fourth-order valence-corrected chi connectivity index (χ4v) is 5.05. The van der Waals surface area contributed by atoms with Gasteiger partial charge in [0.25, 0.3) is 11.5 Å². The highest BCUT2D eigenvalue weighted by Gasteiger charge is 2.34. The minimum absolute atomic E-state index is 0.00798. The maximum absolute atomic E-state index is 14.8. The van der Waals surface area contributed by atoms with Gasteiger partial charge in [0, 0.05) is 25.2 Å². The number of ether oxygens (including phenoxy) is 1. The third-order valence-electron chi connectivity index (χ3n) is 6.23. The normalized spacial score (nSPS) is 13.2. The van der Waals surface area contributed by atoms with E-state index in [1.807, 2.05) is 0 Å². The van der Waals surface area contributed by atoms with Crippen molar-refractivity contribution in [2.45, 2.75) is 38.9 Å². The first-order valence-corrected chi connectivity index (χ1v) is 13.7. The van der Waals surface area contributed by atoms with Gasteiger partial charge in [-0.15, -0.1) is 0 Å². The Morgan fingerprint density at radius 1 is 1.22 bits per heavy atom. The first kappa shape index (κ1) is 30.5. The molecule has 1 aliphatic rings. The molecule has 1 saturated carbocycles. The number of aryl methyl sites for hydroxylation is 1. The van der Waals surface area contributed by atoms with Gasteiger partial charge in [-0.1, -0.05) is 23.7 Å². The van der Waals surface area contributed by atoms with Gasteiger partial charge >= 0.3 is 6.18 Å². The van der Waals surface area contributed by atoms with Crippen LogP contribution in [0.2, 0.25) is 5.02 Å². The van der Waals surface area contributed by atoms with Crippen LogP contribution in [0.5, 0.6) is 11.5 Å². The molecular weight excluding hydrogens is 586 g/mol. The molecule has 1 aromatic heterocycles. The van der Waals surface area contributed by atoms with Crippen LogP contribution in [0.15, 0.2) is 41.2 Å². The van der Waals surface area contributed by atoms with E-state index in [1.165, 1.54) is 55.9 Å². The van der Waals surface area contributed by atoms with Gasteiger partial charge in [-0.05, 0) is 63.6 Å². The molecule has 0 aliphatic heterocycles. The van der Waals surface area contributed by atoms with Crippen LogP contribution >= 0.6 is 23.7 Å². The Labute approximate surface area is 243 Å². The van der Waals surface area contributed by atoms with Gasteiger partial charge in [-0.3, -0.25) is 18.5 Å². The minimum atomic E-state index is -4.54. The van der Waals surface area contributed by atoms with Crippen molar-refractivity contribution >= 4 is 46.8 Å². The van der Waals surface area contributed by atoms with E-state index in [4.69, 9.17) is 16.3 Å². The van der Waals surface area contributed by atoms with Crippen LogP contribution in [-0.2, 0) is 7.05 Å². The summed E-state index contributed by atoms with van der Waals surface area (Å²) in [6.07, 6.45) is -2.99. The van der Waals surface area contributed by atoms with Gasteiger partial charge in [-0.2, -0.15) is 13.2 Å². The van der Waals surface area contributed by atoms with Crippen molar-refractivity contribution < 1.29 is 27.1 Å². The molecule has 220 valence electrons. The number of anilines is 3. The van der Waals surface area contributed by atoms with E-state index >= 15 is 0 Å². The number of halogens is 5. The van der Waals surface area contributed by atoms with Crippen molar-refractivity contribution in [2.24, 2.45) is 7.05 Å². The van der Waals surface area contributed by atoms with E-state index in [1.54, 1.807) is 13.0 Å². The van der Waals surface area contributed by atoms with Crippen LogP contribution < -0.4 is 30.0 Å². The molecular formula is C27H28ClF4N5O3S. The molecule has 1 heterocycles. The number of nitrogens with one attached hydrogen (secondary N) is 3. The van der Waals surface area contributed by atoms with Crippen molar-refractivity contribution in [3.05, 3.63) is 74.3 Å². The van der Waals surface area contributed by atoms with Gasteiger partial charge in [0.1, 0.15) is 34.5 Å². The summed E-state index contributed by atoms with van der Waals surface area (Å²) in [5, 5.41) is 5.55. The van der Waals surface area contributed by atoms with Crippen LogP contribution in [0.25, 0.3) is 0 Å². The number of pyridine rings is 1. The molecule has 0 spiro atoms. The molecule has 0 radical (unpaired) electrons. The molecule has 4 rings (SSSR count). The second-order valence-corrected chi connectivity index (χ2v) is 10.9. The molecule has 1 fully saturated rings. The first-order valence-electron chi connectivity index (χ1n) is 12.5. The molecule has 0 atom stereocenters. The summed E-state index contributed by atoms with van der Waals surface area (Å²) in [4.78, 5) is 26.8. The molecule has 2 aromatic carbocycles. The SMILES string of the molecule is CNSN(CC(F)(F)F)c1cccc(Oc2c(C(=O)NC3CC3)c(Nc3ccc(C)cc3F)n(C)c(=O)c2C)c1Cl. The van der Waals surface area contributed by atoms with E-state index in [9.17, 15) is 27.2 Å². The molecule has 0 bridgehead atoms. The van der Waals surface area contributed by atoms with E-state index in [2.05, 4.69) is 15.4 Å². The zero-order valence-electron chi connectivity index (χ0n) is 22.6. The quantitative estimate of drug-likeness (QED) is 0.181. The highest BCUT2D eigenvalue weighted by molar-refractivity contribution is 7.98. The standard InChI is InChI=1S/C27H28ClF4N5O3S/c1-14-8-11-18(17(29)12-14)35-24-21(25(38)34-16-9-10-16)23(15(2)26(39)36(24)4)40-20-7-5-6-19(22(20)28)37(41-33-3)13-27(30,31)32/h5-8,11-12,16,33,35H,9-10,13H2,1-4H3,(H,34,38). The molecule has 14 heteroatoms. The lowest BCUT2D eigenvalue weighted by atomic mass is 10.1. The number of amides is 1. The van der Waals surface area contributed by atoms with Gasteiger partial charge in [0.2, 0.25) is 0 Å². The zero-order chi connectivity index (χ0) is 30.1. The fraction of sp³-hybridized carbons (Fsp3) is 0.333. The lowest BCUT2D eigenvalue weighted by molar-refractivity contribution is -0.117. The summed E-state index contributed by atoms with van der Waals surface area (Å²) in [5.74, 6) is -1.46. The Morgan fingerprint density at radius 3 is 2.54 bits per heavy atom. The third kappa shape index (κ3) is 7.08. The average Bonchev–Trinajstić information content (AvgIpc) is 3.71. The van der Waals surface area contributed by atoms with Crippen molar-refractivity contribution in [1.82, 2.24) is 14.6 Å². The molecule has 3 N–H and O–H groups in total. The fourth-order valence-electron chi connectivity index (χ4n) is 4.05. The molecule has 0 unspecified atom stereocenters. The maximum atomic E-state index is 14.8. The van der Waals surface area contributed by atoms with E-state index < -0.39 is 30.0 Å². The summed E-state index contributed by atoms with van der Waals surface area (Å²) in [6, 6.07) is 8.62. The van der Waals surface area contributed by atoms with Gasteiger partial charge in [0.05, 0.1) is 16.9 Å². The molecule has 8 nitrogen and oxygen atoms in total. The number of rotatable bonds is 10. The number of alkyl halides is 3. The van der Waals surface area contributed by atoms with Gasteiger partial charge < -0.3 is 15.4 Å². The second-order valence-electron chi connectivity index (χ2n) is 9.54. The molecule has 3 aromatic rings. The van der Waals surface area contributed by atoms with Gasteiger partial charge in [0.15, 0.2) is 5.75 Å². The Morgan fingerprint density at radius 2 is 1.93 bits per heavy atom. The predicted molar refractivity (Wildman–Crippen MR) is 153 cm³/mol. The highest BCUT2D eigenvalue weighted by Crippen LogP contribution is 2.42. The Kier molecular flexibility index (Phi) is 9.10. The van der Waals surface area contributed by atoms with Crippen LogP contribution in [-0.4, -0.2) is 36.3 Å². The lowest BCUT2D eigenvalue weighted by Gasteiger charge is -2.26. The number of carbonyl (C=O) groups excluding carboxylic acids is 1. The Hall–Kier alpha value is -3.42. The molecule has 0 saturated heterocycles. The average molecular weight is 614 g/mol. The predicted octanol–water partition coefficient (Wildman–Crippen LogP) is 6.37.